The van der Waals surface area contributed by atoms with Crippen molar-refractivity contribution in [1.82, 2.24) is 0 Å². The fourth-order valence-corrected chi connectivity index (χ4v) is 1.72. The van der Waals surface area contributed by atoms with E-state index in [1.807, 2.05) is 38.1 Å². The van der Waals surface area contributed by atoms with Gasteiger partial charge in [-0.05, 0) is 37.1 Å². The first kappa shape index (κ1) is 14.6. The lowest BCUT2D eigenvalue weighted by Gasteiger charge is -2.22. The second kappa shape index (κ2) is 6.50. The van der Waals surface area contributed by atoms with Crippen LogP contribution in [0, 0.1) is 5.41 Å². The monoisotopic (exact) mass is 269 g/mol. The summed E-state index contributed by atoms with van der Waals surface area (Å²) in [4.78, 5) is 0. The zero-order valence-corrected chi connectivity index (χ0v) is 11.5. The molecule has 0 atom stereocenters. The van der Waals surface area contributed by atoms with Gasteiger partial charge in [-0.2, -0.15) is 0 Å². The highest BCUT2D eigenvalue weighted by atomic mass is 35.5. The van der Waals surface area contributed by atoms with E-state index in [9.17, 15) is 0 Å². The van der Waals surface area contributed by atoms with Gasteiger partial charge in [0.1, 0.15) is 5.84 Å². The molecule has 0 aliphatic carbocycles. The molecule has 18 heavy (non-hydrogen) atoms. The second-order valence-electron chi connectivity index (χ2n) is 4.91. The number of nitrogens with one attached hydrogen (secondary N) is 1. The number of nitrogens with two attached hydrogens (primary N) is 1. The van der Waals surface area contributed by atoms with Crippen molar-refractivity contribution in [1.29, 1.82) is 0 Å². The van der Waals surface area contributed by atoms with Gasteiger partial charge in [0.25, 0.3) is 0 Å². The molecule has 100 valence electrons. The normalized spacial score (nSPS) is 12.5. The predicted molar refractivity (Wildman–Crippen MR) is 76.4 cm³/mol. The number of nitrogens with zero attached hydrogens (tertiary/aromatic N) is 1. The van der Waals surface area contributed by atoms with Gasteiger partial charge in [0.2, 0.25) is 0 Å². The van der Waals surface area contributed by atoms with Crippen LogP contribution in [0.3, 0.4) is 0 Å². The summed E-state index contributed by atoms with van der Waals surface area (Å²) >= 11 is 5.81. The first-order chi connectivity index (χ1) is 8.45. The molecule has 4 nitrogen and oxygen atoms in total. The van der Waals surface area contributed by atoms with Crippen LogP contribution in [0.15, 0.2) is 29.4 Å². The maximum absolute atomic E-state index is 8.67. The maximum Gasteiger partial charge on any atom is 0.144 e. The first-order valence-electron chi connectivity index (χ1n) is 5.93. The minimum atomic E-state index is -0.281. The highest BCUT2D eigenvalue weighted by Crippen LogP contribution is 2.22. The Morgan fingerprint density at radius 2 is 2.00 bits per heavy atom. The van der Waals surface area contributed by atoms with E-state index in [-0.39, 0.29) is 11.3 Å². The molecule has 0 radical (unpaired) electrons. The van der Waals surface area contributed by atoms with Crippen LogP contribution in [0.2, 0.25) is 5.02 Å². The summed E-state index contributed by atoms with van der Waals surface area (Å²) in [5.74, 6) is 0.272. The van der Waals surface area contributed by atoms with Crippen LogP contribution in [-0.2, 0) is 0 Å². The third kappa shape index (κ3) is 4.45. The minimum absolute atomic E-state index is 0.272. The summed E-state index contributed by atoms with van der Waals surface area (Å²) in [5, 5.41) is 15.8. The molecule has 1 rings (SSSR count). The van der Waals surface area contributed by atoms with Gasteiger partial charge in [0.15, 0.2) is 0 Å². The molecular formula is C13H20ClN3O. The predicted octanol–water partition coefficient (Wildman–Crippen LogP) is 3.30. The molecule has 0 spiro atoms. The number of halogens is 1. The zero-order chi connectivity index (χ0) is 13.6. The van der Waals surface area contributed by atoms with Crippen molar-refractivity contribution in [2.24, 2.45) is 16.3 Å². The van der Waals surface area contributed by atoms with Crippen LogP contribution in [0.5, 0.6) is 0 Å². The lowest BCUT2D eigenvalue weighted by molar-refractivity contribution is 0.305. The Morgan fingerprint density at radius 1 is 1.39 bits per heavy atom. The van der Waals surface area contributed by atoms with Gasteiger partial charge in [-0.1, -0.05) is 30.6 Å². The van der Waals surface area contributed by atoms with Gasteiger partial charge in [-0.3, -0.25) is 0 Å². The van der Waals surface area contributed by atoms with E-state index in [2.05, 4.69) is 10.5 Å². The molecule has 0 aliphatic rings. The average Bonchev–Trinajstić information content (AvgIpc) is 2.35. The third-order valence-electron chi connectivity index (χ3n) is 2.95. The fourth-order valence-electron chi connectivity index (χ4n) is 1.59. The summed E-state index contributed by atoms with van der Waals surface area (Å²) < 4.78 is 0. The molecule has 1 aromatic rings. The number of oxime groups is 1. The molecule has 4 N–H and O–H groups in total. The van der Waals surface area contributed by atoms with Crippen molar-refractivity contribution in [3.05, 3.63) is 29.3 Å². The summed E-state index contributed by atoms with van der Waals surface area (Å²) in [7, 11) is 0. The minimum Gasteiger partial charge on any atom is -0.409 e. The molecule has 0 unspecified atom stereocenters. The summed E-state index contributed by atoms with van der Waals surface area (Å²) in [6.45, 7) is 4.76. The topological polar surface area (TPSA) is 70.6 Å². The van der Waals surface area contributed by atoms with E-state index in [1.165, 1.54) is 0 Å². The molecule has 0 saturated heterocycles. The van der Waals surface area contributed by atoms with Gasteiger partial charge in [0, 0.05) is 22.7 Å². The Morgan fingerprint density at radius 3 is 2.56 bits per heavy atom. The van der Waals surface area contributed by atoms with E-state index in [0.29, 0.717) is 0 Å². The number of benzene rings is 1. The van der Waals surface area contributed by atoms with Crippen LogP contribution in [0.25, 0.3) is 0 Å². The number of hydrogen-bond donors (Lipinski definition) is 3. The number of anilines is 1. The largest absolute Gasteiger partial charge is 0.409 e. The maximum atomic E-state index is 8.67. The molecule has 5 heteroatoms. The Hall–Kier alpha value is -1.42. The number of hydrogen-bond acceptors (Lipinski definition) is 3. The quantitative estimate of drug-likeness (QED) is 0.244. The molecule has 0 aliphatic heterocycles. The number of rotatable bonds is 6. The summed E-state index contributed by atoms with van der Waals surface area (Å²) in [5.41, 5.74) is 6.39. The average molecular weight is 270 g/mol. The molecule has 0 amide bonds. The molecule has 0 aromatic heterocycles. The van der Waals surface area contributed by atoms with E-state index in [1.54, 1.807) is 0 Å². The third-order valence-corrected chi connectivity index (χ3v) is 3.21. The first-order valence-corrected chi connectivity index (χ1v) is 6.31. The Kier molecular flexibility index (Phi) is 5.28. The standard InChI is InChI=1S/C13H20ClN3O/c1-13(2,12(15)17-18)8-3-9-16-11-6-4-10(14)5-7-11/h4-7,16,18H,3,8-9H2,1-2H3,(H2,15,17). The van der Waals surface area contributed by atoms with Crippen LogP contribution < -0.4 is 11.1 Å². The molecule has 0 saturated carbocycles. The van der Waals surface area contributed by atoms with Crippen molar-refractivity contribution >= 4 is 23.1 Å². The SMILES string of the molecule is CC(C)(CCCNc1ccc(Cl)cc1)C(N)=NO. The van der Waals surface area contributed by atoms with Crippen LogP contribution in [0.1, 0.15) is 26.7 Å². The van der Waals surface area contributed by atoms with Gasteiger partial charge in [-0.15, -0.1) is 0 Å². The van der Waals surface area contributed by atoms with Crippen molar-refractivity contribution in [3.63, 3.8) is 0 Å². The summed E-state index contributed by atoms with van der Waals surface area (Å²) in [6.07, 6.45) is 1.79. The van der Waals surface area contributed by atoms with Crippen molar-refractivity contribution in [2.45, 2.75) is 26.7 Å². The van der Waals surface area contributed by atoms with Gasteiger partial charge in [0.05, 0.1) is 0 Å². The van der Waals surface area contributed by atoms with Gasteiger partial charge < -0.3 is 16.3 Å². The molecule has 0 heterocycles. The van der Waals surface area contributed by atoms with E-state index < -0.39 is 0 Å². The van der Waals surface area contributed by atoms with Crippen molar-refractivity contribution in [3.8, 4) is 0 Å². The van der Waals surface area contributed by atoms with Crippen molar-refractivity contribution in [2.75, 3.05) is 11.9 Å². The molecular weight excluding hydrogens is 250 g/mol. The summed E-state index contributed by atoms with van der Waals surface area (Å²) in [6, 6.07) is 7.59. The highest BCUT2D eigenvalue weighted by molar-refractivity contribution is 6.30. The van der Waals surface area contributed by atoms with E-state index in [4.69, 9.17) is 22.5 Å². The highest BCUT2D eigenvalue weighted by Gasteiger charge is 2.22. The Bertz CT molecular complexity index is 401. The van der Waals surface area contributed by atoms with Crippen molar-refractivity contribution < 1.29 is 5.21 Å². The zero-order valence-electron chi connectivity index (χ0n) is 10.8. The van der Waals surface area contributed by atoms with Crippen LogP contribution in [0.4, 0.5) is 5.69 Å². The smallest absolute Gasteiger partial charge is 0.144 e. The fraction of sp³-hybridized carbons (Fsp3) is 0.462. The lowest BCUT2D eigenvalue weighted by atomic mass is 9.86. The number of amidine groups is 1. The van der Waals surface area contributed by atoms with E-state index >= 15 is 0 Å². The van der Waals surface area contributed by atoms with E-state index in [0.717, 1.165) is 30.1 Å². The second-order valence-corrected chi connectivity index (χ2v) is 5.34. The van der Waals surface area contributed by atoms with Gasteiger partial charge >= 0.3 is 0 Å². The lowest BCUT2D eigenvalue weighted by Crippen LogP contribution is -2.32. The van der Waals surface area contributed by atoms with Gasteiger partial charge in [-0.25, -0.2) is 0 Å². The van der Waals surface area contributed by atoms with Crippen LogP contribution in [-0.4, -0.2) is 17.6 Å². The Labute approximate surface area is 113 Å². The van der Waals surface area contributed by atoms with Crippen LogP contribution >= 0.6 is 11.6 Å². The molecule has 0 fully saturated rings. The molecule has 1 aromatic carbocycles. The molecule has 0 bridgehead atoms. The Balaban J connectivity index is 2.33.